The molecule has 0 saturated carbocycles. The van der Waals surface area contributed by atoms with Crippen LogP contribution in [0.15, 0.2) is 35.3 Å². The van der Waals surface area contributed by atoms with Crippen molar-refractivity contribution in [1.29, 1.82) is 0 Å². The zero-order valence-electron chi connectivity index (χ0n) is 16.2. The van der Waals surface area contributed by atoms with Gasteiger partial charge in [-0.05, 0) is 49.2 Å². The minimum atomic E-state index is -0.886. The molecule has 0 aliphatic rings. The van der Waals surface area contributed by atoms with Crippen LogP contribution in [-0.4, -0.2) is 36.6 Å². The van der Waals surface area contributed by atoms with E-state index in [1.54, 1.807) is 24.7 Å². The van der Waals surface area contributed by atoms with Crippen molar-refractivity contribution in [2.24, 2.45) is 14.1 Å². The van der Waals surface area contributed by atoms with Crippen LogP contribution in [0, 0.1) is 6.92 Å². The van der Waals surface area contributed by atoms with Gasteiger partial charge in [-0.25, -0.2) is 4.98 Å². The maximum absolute atomic E-state index is 12.0. The van der Waals surface area contributed by atoms with Crippen LogP contribution in [0.1, 0.15) is 18.1 Å². The van der Waals surface area contributed by atoms with E-state index >= 15 is 0 Å². The molecule has 0 aliphatic heterocycles. The Morgan fingerprint density at radius 1 is 1.32 bits per heavy atom. The normalized spacial score (nSPS) is 13.6. The van der Waals surface area contributed by atoms with Crippen LogP contribution in [0.4, 0.5) is 0 Å². The summed E-state index contributed by atoms with van der Waals surface area (Å²) in [6.45, 7) is 3.67. The number of aryl methyl sites for hydroxylation is 3. The first-order valence-electron chi connectivity index (χ1n) is 8.93. The van der Waals surface area contributed by atoms with E-state index in [1.807, 2.05) is 35.9 Å². The number of nitrogens with one attached hydrogen (secondary N) is 1. The Balaban J connectivity index is 1.94. The summed E-state index contributed by atoms with van der Waals surface area (Å²) in [5, 5.41) is 12.0. The van der Waals surface area contributed by atoms with Crippen LogP contribution < -0.4 is 10.9 Å². The largest absolute Gasteiger partial charge is 0.391 e. The van der Waals surface area contributed by atoms with Gasteiger partial charge in [-0.3, -0.25) is 9.59 Å². The van der Waals surface area contributed by atoms with Crippen molar-refractivity contribution in [1.82, 2.24) is 19.4 Å². The summed E-state index contributed by atoms with van der Waals surface area (Å²) in [6, 6.07) is 6.83. The Morgan fingerprint density at radius 2 is 2.04 bits per heavy atom. The number of nitrogens with zero attached hydrogens (tertiary/aromatic N) is 3. The van der Waals surface area contributed by atoms with Crippen molar-refractivity contribution in [3.8, 4) is 11.4 Å². The molecule has 0 amide bonds. The summed E-state index contributed by atoms with van der Waals surface area (Å²) in [5.74, 6) is 0.761. The van der Waals surface area contributed by atoms with Crippen molar-refractivity contribution < 1.29 is 9.90 Å². The number of aliphatic hydroxyl groups excluding tert-OH is 1. The third-order valence-electron chi connectivity index (χ3n) is 4.82. The maximum Gasteiger partial charge on any atom is 0.253 e. The second kappa shape index (κ2) is 7.87. The van der Waals surface area contributed by atoms with Crippen LogP contribution in [0.25, 0.3) is 22.4 Å². The second-order valence-electron chi connectivity index (χ2n) is 7.05. The highest BCUT2D eigenvalue weighted by molar-refractivity contribution is 6.64. The van der Waals surface area contributed by atoms with Crippen LogP contribution in [0.2, 0.25) is 0 Å². The number of pyridine rings is 1. The first-order chi connectivity index (χ1) is 13.2. The Labute approximate surface area is 167 Å². The van der Waals surface area contributed by atoms with Gasteiger partial charge in [0, 0.05) is 38.0 Å². The molecule has 8 heteroatoms. The third kappa shape index (κ3) is 3.87. The van der Waals surface area contributed by atoms with E-state index in [4.69, 9.17) is 16.6 Å². The topological polar surface area (TPSA) is 89.2 Å². The Morgan fingerprint density at radius 3 is 2.64 bits per heavy atom. The smallest absolute Gasteiger partial charge is 0.253 e. The van der Waals surface area contributed by atoms with Gasteiger partial charge in [0.25, 0.3) is 5.56 Å². The lowest BCUT2D eigenvalue weighted by molar-refractivity contribution is -0.115. The lowest BCUT2D eigenvalue weighted by atomic mass is 10.1. The van der Waals surface area contributed by atoms with E-state index in [-0.39, 0.29) is 5.56 Å². The zero-order chi connectivity index (χ0) is 20.6. The molecular weight excluding hydrogens is 380 g/mol. The Bertz CT molecular complexity index is 1070. The molecule has 3 aromatic rings. The van der Waals surface area contributed by atoms with Crippen LogP contribution in [0.5, 0.6) is 0 Å². The lowest BCUT2D eigenvalue weighted by Crippen LogP contribution is -2.42. The first-order valence-corrected chi connectivity index (χ1v) is 9.30. The third-order valence-corrected chi connectivity index (χ3v) is 5.05. The number of hydrogen-bond acceptors (Lipinski definition) is 5. The Hall–Kier alpha value is -2.48. The SMILES string of the molecule is Cc1cc(-c2nc3cc(CN[C@H](C(=O)Cl)[C@@H](C)O)ccc3n2C)cn(C)c1=O. The highest BCUT2D eigenvalue weighted by Gasteiger charge is 2.21. The van der Waals surface area contributed by atoms with Gasteiger partial charge in [0.15, 0.2) is 0 Å². The number of carbonyl (C=O) groups is 1. The number of imidazole rings is 1. The molecule has 0 aliphatic carbocycles. The van der Waals surface area contributed by atoms with E-state index in [2.05, 4.69) is 5.32 Å². The van der Waals surface area contributed by atoms with E-state index < -0.39 is 17.4 Å². The first kappa shape index (κ1) is 20.3. The predicted molar refractivity (Wildman–Crippen MR) is 109 cm³/mol. The molecule has 2 atom stereocenters. The minimum Gasteiger partial charge on any atom is -0.391 e. The molecule has 0 saturated heterocycles. The van der Waals surface area contributed by atoms with Crippen LogP contribution >= 0.6 is 11.6 Å². The van der Waals surface area contributed by atoms with Gasteiger partial charge in [-0.2, -0.15) is 0 Å². The molecule has 0 fully saturated rings. The fraction of sp³-hybridized carbons (Fsp3) is 0.350. The molecule has 7 nitrogen and oxygen atoms in total. The number of rotatable bonds is 6. The van der Waals surface area contributed by atoms with Gasteiger partial charge in [-0.1, -0.05) is 6.07 Å². The Kier molecular flexibility index (Phi) is 5.69. The number of hydrogen-bond donors (Lipinski definition) is 2. The summed E-state index contributed by atoms with van der Waals surface area (Å²) in [6.07, 6.45) is 0.890. The number of benzene rings is 1. The van der Waals surface area contributed by atoms with Crippen molar-refractivity contribution >= 4 is 27.9 Å². The standard InChI is InChI=1S/C20H23ClN4O3/c1-11-7-14(10-24(3)20(11)28)19-23-15-8-13(5-6-16(15)25(19)4)9-22-17(12(2)26)18(21)27/h5-8,10,12,17,22,26H,9H2,1-4H3/t12-,17+/m1/s1. The number of carbonyl (C=O) groups excluding carboxylic acids is 1. The van der Waals surface area contributed by atoms with Crippen molar-refractivity contribution in [2.45, 2.75) is 32.5 Å². The molecule has 2 aromatic heterocycles. The minimum absolute atomic E-state index is 0.0302. The van der Waals surface area contributed by atoms with Crippen LogP contribution in [0.3, 0.4) is 0 Å². The highest BCUT2D eigenvalue weighted by atomic mass is 35.5. The van der Waals surface area contributed by atoms with Crippen molar-refractivity contribution in [2.75, 3.05) is 0 Å². The number of aromatic nitrogens is 3. The average Bonchev–Trinajstić information content (AvgIpc) is 2.95. The molecule has 2 heterocycles. The molecule has 0 spiro atoms. The summed E-state index contributed by atoms with van der Waals surface area (Å²) in [7, 11) is 3.65. The number of aliphatic hydroxyl groups is 1. The molecule has 3 rings (SSSR count). The van der Waals surface area contributed by atoms with Gasteiger partial charge in [0.2, 0.25) is 5.24 Å². The molecule has 0 bridgehead atoms. The summed E-state index contributed by atoms with van der Waals surface area (Å²) < 4.78 is 3.53. The van der Waals surface area contributed by atoms with Gasteiger partial charge in [0.1, 0.15) is 11.9 Å². The summed E-state index contributed by atoms with van der Waals surface area (Å²) in [4.78, 5) is 28.1. The van der Waals surface area contributed by atoms with Crippen molar-refractivity contribution in [3.63, 3.8) is 0 Å². The predicted octanol–water partition coefficient (Wildman–Crippen LogP) is 1.85. The van der Waals surface area contributed by atoms with E-state index in [9.17, 15) is 14.7 Å². The maximum atomic E-state index is 12.0. The zero-order valence-corrected chi connectivity index (χ0v) is 17.0. The summed E-state index contributed by atoms with van der Waals surface area (Å²) >= 11 is 5.53. The van der Waals surface area contributed by atoms with Gasteiger partial charge in [-0.15, -0.1) is 0 Å². The van der Waals surface area contributed by atoms with Gasteiger partial charge in [0.05, 0.1) is 17.1 Å². The monoisotopic (exact) mass is 402 g/mol. The molecule has 28 heavy (non-hydrogen) atoms. The van der Waals surface area contributed by atoms with Gasteiger partial charge >= 0.3 is 0 Å². The van der Waals surface area contributed by atoms with E-state index in [0.717, 1.165) is 28.0 Å². The molecule has 1 aromatic carbocycles. The highest BCUT2D eigenvalue weighted by Crippen LogP contribution is 2.24. The van der Waals surface area contributed by atoms with Crippen molar-refractivity contribution in [3.05, 3.63) is 51.9 Å². The molecule has 0 unspecified atom stereocenters. The number of halogens is 1. The van der Waals surface area contributed by atoms with Gasteiger partial charge < -0.3 is 19.6 Å². The summed E-state index contributed by atoms with van der Waals surface area (Å²) in [5.41, 5.74) is 4.15. The molecule has 148 valence electrons. The second-order valence-corrected chi connectivity index (χ2v) is 7.42. The molecule has 0 radical (unpaired) electrons. The molecular formula is C20H23ClN4O3. The molecule has 2 N–H and O–H groups in total. The fourth-order valence-electron chi connectivity index (χ4n) is 3.28. The van der Waals surface area contributed by atoms with Crippen LogP contribution in [-0.2, 0) is 25.4 Å². The van der Waals surface area contributed by atoms with E-state index in [1.165, 1.54) is 6.92 Å². The quantitative estimate of drug-likeness (QED) is 0.614. The average molecular weight is 403 g/mol. The number of fused-ring (bicyclic) bond motifs is 1. The van der Waals surface area contributed by atoms with E-state index in [0.29, 0.717) is 12.1 Å². The fourth-order valence-corrected chi connectivity index (χ4v) is 3.54. The lowest BCUT2D eigenvalue weighted by Gasteiger charge is -2.17.